The number of piperidine rings is 1. The van der Waals surface area contributed by atoms with Gasteiger partial charge in [-0.15, -0.1) is 22.9 Å². The molecule has 1 aromatic heterocycles. The van der Waals surface area contributed by atoms with Crippen LogP contribution in [0.2, 0.25) is 0 Å². The lowest BCUT2D eigenvalue weighted by Gasteiger charge is -2.39. The molecule has 0 N–H and O–H groups in total. The van der Waals surface area contributed by atoms with E-state index in [9.17, 15) is 0 Å². The maximum Gasteiger partial charge on any atom is 0.0928 e. The predicted octanol–water partition coefficient (Wildman–Crippen LogP) is 4.86. The molecule has 1 aromatic rings. The van der Waals surface area contributed by atoms with Gasteiger partial charge in [0.1, 0.15) is 0 Å². The molecule has 1 spiro atoms. The Morgan fingerprint density at radius 2 is 1.90 bits per heavy atom. The summed E-state index contributed by atoms with van der Waals surface area (Å²) in [6.45, 7) is 3.96. The first kappa shape index (κ1) is 15.8. The molecule has 1 aliphatic carbocycles. The first-order chi connectivity index (χ1) is 10.3. The van der Waals surface area contributed by atoms with Crippen molar-refractivity contribution in [3.63, 3.8) is 0 Å². The monoisotopic (exact) mass is 326 g/mol. The van der Waals surface area contributed by atoms with E-state index in [1.165, 1.54) is 76.0 Å². The van der Waals surface area contributed by atoms with Crippen molar-refractivity contribution in [3.05, 3.63) is 16.1 Å². The molecular weight excluding hydrogens is 300 g/mol. The molecule has 2 fully saturated rings. The van der Waals surface area contributed by atoms with Crippen LogP contribution in [-0.4, -0.2) is 29.5 Å². The van der Waals surface area contributed by atoms with E-state index in [0.29, 0.717) is 5.88 Å². The van der Waals surface area contributed by atoms with Crippen molar-refractivity contribution >= 4 is 22.9 Å². The average Bonchev–Trinajstić information content (AvgIpc) is 3.15. The second-order valence-electron chi connectivity index (χ2n) is 6.87. The third-order valence-corrected chi connectivity index (χ3v) is 6.66. The van der Waals surface area contributed by atoms with Gasteiger partial charge in [0.2, 0.25) is 0 Å². The van der Waals surface area contributed by atoms with Crippen molar-refractivity contribution in [1.82, 2.24) is 9.88 Å². The minimum Gasteiger partial charge on any atom is -0.303 e. The minimum absolute atomic E-state index is 0.548. The quantitative estimate of drug-likeness (QED) is 0.548. The summed E-state index contributed by atoms with van der Waals surface area (Å²) in [5.41, 5.74) is 1.80. The van der Waals surface area contributed by atoms with Gasteiger partial charge in [0.25, 0.3) is 0 Å². The van der Waals surface area contributed by atoms with Crippen LogP contribution in [0.5, 0.6) is 0 Å². The maximum absolute atomic E-state index is 5.79. The number of nitrogens with zero attached hydrogens (tertiary/aromatic N) is 2. The number of likely N-dealkylation sites (tertiary alicyclic amines) is 1. The Labute approximate surface area is 137 Å². The summed E-state index contributed by atoms with van der Waals surface area (Å²) in [5, 5.41) is 3.35. The molecule has 3 rings (SSSR count). The third kappa shape index (κ3) is 4.20. The van der Waals surface area contributed by atoms with E-state index >= 15 is 0 Å². The highest BCUT2D eigenvalue weighted by Crippen LogP contribution is 2.46. The number of hydrogen-bond acceptors (Lipinski definition) is 3. The summed E-state index contributed by atoms with van der Waals surface area (Å²) in [4.78, 5) is 7.22. The van der Waals surface area contributed by atoms with Crippen molar-refractivity contribution in [3.8, 4) is 0 Å². The zero-order chi connectivity index (χ0) is 14.5. The summed E-state index contributed by atoms with van der Waals surface area (Å²) in [6, 6.07) is 0. The number of unbranched alkanes of at least 4 members (excludes halogenated alkanes) is 1. The van der Waals surface area contributed by atoms with Gasteiger partial charge >= 0.3 is 0 Å². The lowest BCUT2D eigenvalue weighted by Crippen LogP contribution is -2.39. The Morgan fingerprint density at radius 1 is 1.14 bits per heavy atom. The highest BCUT2D eigenvalue weighted by molar-refractivity contribution is 7.09. The predicted molar refractivity (Wildman–Crippen MR) is 91.2 cm³/mol. The molecule has 1 saturated heterocycles. The van der Waals surface area contributed by atoms with Crippen LogP contribution in [0.1, 0.15) is 62.1 Å². The standard InChI is InChI=1S/C17H27ClN2S/c18-13-15-14-21-16(19-15)5-1-4-10-20-11-8-17(9-12-20)6-2-3-7-17/h14H,1-13H2. The number of aryl methyl sites for hydroxylation is 1. The number of halogens is 1. The third-order valence-electron chi connectivity index (χ3n) is 5.43. The molecule has 0 bridgehead atoms. The lowest BCUT2D eigenvalue weighted by atomic mass is 9.77. The van der Waals surface area contributed by atoms with Crippen LogP contribution in [0.25, 0.3) is 0 Å². The van der Waals surface area contributed by atoms with Crippen LogP contribution in [0, 0.1) is 5.41 Å². The van der Waals surface area contributed by atoms with E-state index in [0.717, 1.165) is 17.5 Å². The van der Waals surface area contributed by atoms with Gasteiger partial charge in [-0.2, -0.15) is 0 Å². The van der Waals surface area contributed by atoms with Crippen LogP contribution >= 0.6 is 22.9 Å². The van der Waals surface area contributed by atoms with Gasteiger partial charge in [0.05, 0.1) is 16.6 Å². The van der Waals surface area contributed by atoms with E-state index in [1.807, 2.05) is 0 Å². The topological polar surface area (TPSA) is 16.1 Å². The summed E-state index contributed by atoms with van der Waals surface area (Å²) < 4.78 is 0. The number of rotatable bonds is 6. The molecule has 4 heteroatoms. The molecule has 2 nitrogen and oxygen atoms in total. The molecule has 2 heterocycles. The summed E-state index contributed by atoms with van der Waals surface area (Å²) in [7, 11) is 0. The highest BCUT2D eigenvalue weighted by Gasteiger charge is 2.36. The van der Waals surface area contributed by atoms with Crippen molar-refractivity contribution in [2.75, 3.05) is 19.6 Å². The van der Waals surface area contributed by atoms with E-state index in [4.69, 9.17) is 11.6 Å². The van der Waals surface area contributed by atoms with Crippen molar-refractivity contribution in [2.24, 2.45) is 5.41 Å². The van der Waals surface area contributed by atoms with Crippen molar-refractivity contribution < 1.29 is 0 Å². The summed E-state index contributed by atoms with van der Waals surface area (Å²) >= 11 is 7.56. The lowest BCUT2D eigenvalue weighted by molar-refractivity contribution is 0.107. The molecule has 1 aliphatic heterocycles. The molecule has 0 unspecified atom stereocenters. The average molecular weight is 327 g/mol. The fourth-order valence-corrected chi connectivity index (χ4v) is 5.08. The Morgan fingerprint density at radius 3 is 2.57 bits per heavy atom. The summed E-state index contributed by atoms with van der Waals surface area (Å²) in [5.74, 6) is 0.548. The molecule has 0 aromatic carbocycles. The van der Waals surface area contributed by atoms with Crippen molar-refractivity contribution in [2.45, 2.75) is 63.7 Å². The van der Waals surface area contributed by atoms with Crippen LogP contribution in [0.15, 0.2) is 5.38 Å². The van der Waals surface area contributed by atoms with E-state index in [-0.39, 0.29) is 0 Å². The molecule has 1 saturated carbocycles. The molecule has 0 radical (unpaired) electrons. The van der Waals surface area contributed by atoms with E-state index < -0.39 is 0 Å². The SMILES string of the molecule is ClCc1csc(CCCCN2CCC3(CCCC3)CC2)n1. The Balaban J connectivity index is 1.31. The zero-order valence-corrected chi connectivity index (χ0v) is 14.5. The van der Waals surface area contributed by atoms with Gasteiger partial charge < -0.3 is 4.90 Å². The molecule has 2 aliphatic rings. The fraction of sp³-hybridized carbons (Fsp3) is 0.824. The minimum atomic E-state index is 0.548. The van der Waals surface area contributed by atoms with Crippen LogP contribution in [0.3, 0.4) is 0 Å². The van der Waals surface area contributed by atoms with Gasteiger partial charge in [0, 0.05) is 5.38 Å². The normalized spacial score (nSPS) is 22.1. The number of aromatic nitrogens is 1. The second kappa shape index (κ2) is 7.43. The largest absolute Gasteiger partial charge is 0.303 e. The zero-order valence-electron chi connectivity index (χ0n) is 13.0. The van der Waals surface area contributed by atoms with Gasteiger partial charge in [-0.1, -0.05) is 12.8 Å². The molecule has 118 valence electrons. The van der Waals surface area contributed by atoms with Gasteiger partial charge in [-0.25, -0.2) is 4.98 Å². The number of alkyl halides is 1. The number of hydrogen-bond donors (Lipinski definition) is 0. The summed E-state index contributed by atoms with van der Waals surface area (Å²) in [6.07, 6.45) is 12.6. The molecule has 0 amide bonds. The van der Waals surface area contributed by atoms with E-state index in [2.05, 4.69) is 15.3 Å². The van der Waals surface area contributed by atoms with Crippen molar-refractivity contribution in [1.29, 1.82) is 0 Å². The molecule has 21 heavy (non-hydrogen) atoms. The highest BCUT2D eigenvalue weighted by atomic mass is 35.5. The smallest absolute Gasteiger partial charge is 0.0928 e. The van der Waals surface area contributed by atoms with Gasteiger partial charge in [-0.05, 0) is 70.0 Å². The second-order valence-corrected chi connectivity index (χ2v) is 8.08. The van der Waals surface area contributed by atoms with Crippen LogP contribution in [-0.2, 0) is 12.3 Å². The molecular formula is C17H27ClN2S. The first-order valence-electron chi connectivity index (χ1n) is 8.51. The first-order valence-corrected chi connectivity index (χ1v) is 9.93. The number of thiazole rings is 1. The maximum atomic E-state index is 5.79. The fourth-order valence-electron chi connectivity index (χ4n) is 4.01. The Hall–Kier alpha value is -0.120. The van der Waals surface area contributed by atoms with Gasteiger partial charge in [-0.3, -0.25) is 0 Å². The van der Waals surface area contributed by atoms with Crippen LogP contribution < -0.4 is 0 Å². The molecule has 0 atom stereocenters. The van der Waals surface area contributed by atoms with E-state index in [1.54, 1.807) is 11.3 Å². The van der Waals surface area contributed by atoms with Gasteiger partial charge in [0.15, 0.2) is 0 Å². The Bertz CT molecular complexity index is 430. The Kier molecular flexibility index (Phi) is 5.58. The van der Waals surface area contributed by atoms with Crippen LogP contribution in [0.4, 0.5) is 0 Å².